The van der Waals surface area contributed by atoms with Gasteiger partial charge in [0.2, 0.25) is 5.91 Å². The maximum Gasteiger partial charge on any atom is 0.249 e. The van der Waals surface area contributed by atoms with Gasteiger partial charge in [-0.2, -0.15) is 0 Å². The standard InChI is InChI=1S/C9H18N2O2/c1-6(5-10)11-9(12)8-4-3-7(2)13-8/h6-8H,3-5,10H2,1-2H3,(H,11,12). The van der Waals surface area contributed by atoms with E-state index in [1.54, 1.807) is 0 Å². The van der Waals surface area contributed by atoms with E-state index in [0.29, 0.717) is 6.54 Å². The van der Waals surface area contributed by atoms with Crippen LogP contribution in [0.4, 0.5) is 0 Å². The van der Waals surface area contributed by atoms with Crippen molar-refractivity contribution in [3.05, 3.63) is 0 Å². The van der Waals surface area contributed by atoms with Gasteiger partial charge in [-0.05, 0) is 26.7 Å². The fourth-order valence-corrected chi connectivity index (χ4v) is 1.39. The Balaban J connectivity index is 2.31. The summed E-state index contributed by atoms with van der Waals surface area (Å²) in [6, 6.07) is 0.0343. The van der Waals surface area contributed by atoms with Gasteiger partial charge in [0, 0.05) is 12.6 Å². The second kappa shape index (κ2) is 4.58. The molecular formula is C9H18N2O2. The van der Waals surface area contributed by atoms with Crippen LogP contribution in [0.2, 0.25) is 0 Å². The predicted molar refractivity (Wildman–Crippen MR) is 50.2 cm³/mol. The third-order valence-corrected chi connectivity index (χ3v) is 2.27. The molecule has 0 aromatic rings. The predicted octanol–water partition coefficient (Wildman–Crippen LogP) is 0.0173. The number of nitrogens with one attached hydrogen (secondary N) is 1. The third-order valence-electron chi connectivity index (χ3n) is 2.27. The summed E-state index contributed by atoms with van der Waals surface area (Å²) in [5, 5.41) is 2.80. The van der Waals surface area contributed by atoms with E-state index < -0.39 is 0 Å². The second-order valence-electron chi connectivity index (χ2n) is 3.66. The van der Waals surface area contributed by atoms with Crippen LogP contribution in [-0.4, -0.2) is 30.7 Å². The Kier molecular flexibility index (Phi) is 3.69. The molecule has 0 bridgehead atoms. The number of amides is 1. The molecule has 0 spiro atoms. The highest BCUT2D eigenvalue weighted by Gasteiger charge is 2.28. The van der Waals surface area contributed by atoms with Crippen molar-refractivity contribution in [2.45, 2.75) is 44.9 Å². The number of carbonyl (C=O) groups excluding carboxylic acids is 1. The van der Waals surface area contributed by atoms with Crippen molar-refractivity contribution in [2.24, 2.45) is 5.73 Å². The molecule has 0 saturated carbocycles. The average molecular weight is 186 g/mol. The quantitative estimate of drug-likeness (QED) is 0.653. The van der Waals surface area contributed by atoms with Gasteiger partial charge in [0.1, 0.15) is 6.10 Å². The first kappa shape index (κ1) is 10.5. The first-order valence-electron chi connectivity index (χ1n) is 4.79. The molecule has 0 aromatic heterocycles. The van der Waals surface area contributed by atoms with Crippen molar-refractivity contribution in [3.8, 4) is 0 Å². The first-order valence-corrected chi connectivity index (χ1v) is 4.79. The Labute approximate surface area is 78.8 Å². The number of hydrogen-bond acceptors (Lipinski definition) is 3. The molecule has 13 heavy (non-hydrogen) atoms. The Bertz CT molecular complexity index is 184. The van der Waals surface area contributed by atoms with Gasteiger partial charge in [-0.25, -0.2) is 0 Å². The molecule has 4 nitrogen and oxygen atoms in total. The monoisotopic (exact) mass is 186 g/mol. The van der Waals surface area contributed by atoms with Crippen molar-refractivity contribution in [3.63, 3.8) is 0 Å². The SMILES string of the molecule is CC(CN)NC(=O)C1CCC(C)O1. The van der Waals surface area contributed by atoms with E-state index >= 15 is 0 Å². The minimum absolute atomic E-state index is 0.0256. The van der Waals surface area contributed by atoms with E-state index in [1.807, 2.05) is 13.8 Å². The Morgan fingerprint density at radius 3 is 2.85 bits per heavy atom. The molecule has 3 N–H and O–H groups in total. The zero-order valence-corrected chi connectivity index (χ0v) is 8.25. The lowest BCUT2D eigenvalue weighted by atomic mass is 10.2. The Morgan fingerprint density at radius 1 is 1.69 bits per heavy atom. The topological polar surface area (TPSA) is 64.3 Å². The van der Waals surface area contributed by atoms with Gasteiger partial charge in [-0.1, -0.05) is 0 Å². The molecular weight excluding hydrogens is 168 g/mol. The van der Waals surface area contributed by atoms with Gasteiger partial charge in [0.15, 0.2) is 0 Å². The molecule has 3 atom stereocenters. The van der Waals surface area contributed by atoms with Crippen molar-refractivity contribution in [1.29, 1.82) is 0 Å². The Hall–Kier alpha value is -0.610. The van der Waals surface area contributed by atoms with Gasteiger partial charge >= 0.3 is 0 Å². The number of rotatable bonds is 3. The molecule has 1 amide bonds. The summed E-state index contributed by atoms with van der Waals surface area (Å²) in [4.78, 5) is 11.5. The lowest BCUT2D eigenvalue weighted by molar-refractivity contribution is -0.132. The maximum atomic E-state index is 11.5. The lowest BCUT2D eigenvalue weighted by Gasteiger charge is -2.15. The molecule has 0 aromatic carbocycles. The van der Waals surface area contributed by atoms with E-state index in [1.165, 1.54) is 0 Å². The second-order valence-corrected chi connectivity index (χ2v) is 3.66. The summed E-state index contributed by atoms with van der Waals surface area (Å²) < 4.78 is 5.42. The molecule has 0 radical (unpaired) electrons. The van der Waals surface area contributed by atoms with Crippen molar-refractivity contribution < 1.29 is 9.53 Å². The van der Waals surface area contributed by atoms with E-state index in [9.17, 15) is 4.79 Å². The van der Waals surface area contributed by atoms with Gasteiger partial charge in [0.25, 0.3) is 0 Å². The van der Waals surface area contributed by atoms with Crippen LogP contribution < -0.4 is 11.1 Å². The van der Waals surface area contributed by atoms with Gasteiger partial charge in [0.05, 0.1) is 6.10 Å². The normalized spacial score (nSPS) is 30.1. The molecule has 1 fully saturated rings. The minimum atomic E-state index is -0.260. The number of hydrogen-bond donors (Lipinski definition) is 2. The fourth-order valence-electron chi connectivity index (χ4n) is 1.39. The maximum absolute atomic E-state index is 11.5. The molecule has 1 aliphatic rings. The summed E-state index contributed by atoms with van der Waals surface area (Å²) in [6.45, 7) is 4.34. The summed E-state index contributed by atoms with van der Waals surface area (Å²) in [7, 11) is 0. The molecule has 0 aliphatic carbocycles. The number of nitrogens with two attached hydrogens (primary N) is 1. The van der Waals surface area contributed by atoms with Gasteiger partial charge in [-0.15, -0.1) is 0 Å². The van der Waals surface area contributed by atoms with Crippen LogP contribution in [0.1, 0.15) is 26.7 Å². The molecule has 4 heteroatoms. The summed E-state index contributed by atoms with van der Waals surface area (Å²) in [6.07, 6.45) is 1.74. The van der Waals surface area contributed by atoms with Crippen LogP contribution in [-0.2, 0) is 9.53 Å². The largest absolute Gasteiger partial charge is 0.365 e. The van der Waals surface area contributed by atoms with E-state index in [2.05, 4.69) is 5.32 Å². The highest BCUT2D eigenvalue weighted by molar-refractivity contribution is 5.81. The van der Waals surface area contributed by atoms with Crippen LogP contribution in [0, 0.1) is 0 Å². The smallest absolute Gasteiger partial charge is 0.249 e. The zero-order valence-electron chi connectivity index (χ0n) is 8.25. The first-order chi connectivity index (χ1) is 6.13. The highest BCUT2D eigenvalue weighted by Crippen LogP contribution is 2.18. The molecule has 3 unspecified atom stereocenters. The van der Waals surface area contributed by atoms with Crippen LogP contribution in [0.15, 0.2) is 0 Å². The van der Waals surface area contributed by atoms with Crippen LogP contribution in [0.25, 0.3) is 0 Å². The van der Waals surface area contributed by atoms with Gasteiger partial charge in [-0.3, -0.25) is 4.79 Å². The number of ether oxygens (including phenoxy) is 1. The fraction of sp³-hybridized carbons (Fsp3) is 0.889. The van der Waals surface area contributed by atoms with Gasteiger partial charge < -0.3 is 15.8 Å². The zero-order chi connectivity index (χ0) is 9.84. The highest BCUT2D eigenvalue weighted by atomic mass is 16.5. The molecule has 1 saturated heterocycles. The van der Waals surface area contributed by atoms with Crippen molar-refractivity contribution >= 4 is 5.91 Å². The number of carbonyl (C=O) groups is 1. The van der Waals surface area contributed by atoms with Crippen molar-refractivity contribution in [2.75, 3.05) is 6.54 Å². The van der Waals surface area contributed by atoms with Crippen LogP contribution in [0.5, 0.6) is 0 Å². The minimum Gasteiger partial charge on any atom is -0.365 e. The van der Waals surface area contributed by atoms with Crippen LogP contribution in [0.3, 0.4) is 0 Å². The summed E-state index contributed by atoms with van der Waals surface area (Å²) >= 11 is 0. The summed E-state index contributed by atoms with van der Waals surface area (Å²) in [5.41, 5.74) is 5.39. The van der Waals surface area contributed by atoms with Crippen LogP contribution >= 0.6 is 0 Å². The molecule has 1 heterocycles. The lowest BCUT2D eigenvalue weighted by Crippen LogP contribution is -2.43. The molecule has 1 aliphatic heterocycles. The summed E-state index contributed by atoms with van der Waals surface area (Å²) in [5.74, 6) is -0.0256. The third kappa shape index (κ3) is 2.97. The van der Waals surface area contributed by atoms with E-state index in [4.69, 9.17) is 10.5 Å². The van der Waals surface area contributed by atoms with Crippen molar-refractivity contribution in [1.82, 2.24) is 5.32 Å². The van der Waals surface area contributed by atoms with E-state index in [0.717, 1.165) is 12.8 Å². The average Bonchev–Trinajstić information content (AvgIpc) is 2.51. The molecule has 76 valence electrons. The Morgan fingerprint density at radius 2 is 2.38 bits per heavy atom. The van der Waals surface area contributed by atoms with E-state index in [-0.39, 0.29) is 24.2 Å². The molecule has 1 rings (SSSR count).